The summed E-state index contributed by atoms with van der Waals surface area (Å²) >= 11 is 7.34. The number of thiophene rings is 1. The topological polar surface area (TPSA) is 59.4 Å². The Labute approximate surface area is 119 Å². The maximum Gasteiger partial charge on any atom is 0.348 e. The van der Waals surface area contributed by atoms with E-state index >= 15 is 0 Å². The van der Waals surface area contributed by atoms with E-state index in [1.165, 1.54) is 11.3 Å². The first kappa shape index (κ1) is 12.8. The number of aromatic nitrogens is 1. The van der Waals surface area contributed by atoms with Crippen molar-refractivity contribution in [1.29, 1.82) is 0 Å². The summed E-state index contributed by atoms with van der Waals surface area (Å²) in [5, 5.41) is 10.5. The molecular formula is C13H12ClNO3S. The van der Waals surface area contributed by atoms with Crippen LogP contribution in [-0.2, 0) is 4.74 Å². The Morgan fingerprint density at radius 3 is 3.00 bits per heavy atom. The van der Waals surface area contributed by atoms with Crippen LogP contribution in [0.3, 0.4) is 0 Å². The van der Waals surface area contributed by atoms with Crippen LogP contribution in [0.15, 0.2) is 18.5 Å². The number of aliphatic hydroxyl groups is 1. The van der Waals surface area contributed by atoms with Gasteiger partial charge in [0.15, 0.2) is 0 Å². The van der Waals surface area contributed by atoms with E-state index in [4.69, 9.17) is 21.4 Å². The largest absolute Gasteiger partial charge is 0.461 e. The molecule has 0 atom stereocenters. The van der Waals surface area contributed by atoms with Crippen molar-refractivity contribution in [2.24, 2.45) is 5.92 Å². The van der Waals surface area contributed by atoms with Crippen molar-refractivity contribution < 1.29 is 14.6 Å². The standard InChI is InChI=1S/C13H12ClNO3S/c14-10-4-15-5-12-9(10)3-11(19-12)13(17)18-6-7-1-8(16)2-7/h3-5,7-8,16H,1-2,6H2. The van der Waals surface area contributed by atoms with Gasteiger partial charge in [0.25, 0.3) is 0 Å². The van der Waals surface area contributed by atoms with Gasteiger partial charge in [-0.25, -0.2) is 4.79 Å². The van der Waals surface area contributed by atoms with E-state index in [2.05, 4.69) is 4.98 Å². The predicted molar refractivity (Wildman–Crippen MR) is 73.6 cm³/mol. The number of carbonyl (C=O) groups is 1. The first-order valence-electron chi connectivity index (χ1n) is 6.01. The molecule has 4 nitrogen and oxygen atoms in total. The van der Waals surface area contributed by atoms with E-state index in [1.807, 2.05) is 0 Å². The first-order valence-corrected chi connectivity index (χ1v) is 7.21. The molecule has 100 valence electrons. The molecule has 0 bridgehead atoms. The molecule has 2 aromatic rings. The monoisotopic (exact) mass is 297 g/mol. The van der Waals surface area contributed by atoms with Gasteiger partial charge < -0.3 is 9.84 Å². The Balaban J connectivity index is 1.69. The maximum atomic E-state index is 11.9. The highest BCUT2D eigenvalue weighted by Gasteiger charge is 2.28. The summed E-state index contributed by atoms with van der Waals surface area (Å²) < 4.78 is 6.12. The second-order valence-electron chi connectivity index (χ2n) is 4.73. The van der Waals surface area contributed by atoms with Crippen molar-refractivity contribution in [2.75, 3.05) is 6.61 Å². The third-order valence-corrected chi connectivity index (χ3v) is 4.61. The van der Waals surface area contributed by atoms with Crippen LogP contribution in [0.5, 0.6) is 0 Å². The van der Waals surface area contributed by atoms with Gasteiger partial charge in [0.2, 0.25) is 0 Å². The lowest BCUT2D eigenvalue weighted by Crippen LogP contribution is -2.32. The van der Waals surface area contributed by atoms with Gasteiger partial charge in [-0.15, -0.1) is 11.3 Å². The van der Waals surface area contributed by atoms with Gasteiger partial charge in [-0.05, 0) is 24.8 Å². The minimum Gasteiger partial charge on any atom is -0.461 e. The number of hydrogen-bond donors (Lipinski definition) is 1. The number of nitrogens with zero attached hydrogens (tertiary/aromatic N) is 1. The lowest BCUT2D eigenvalue weighted by molar-refractivity contribution is -0.00365. The van der Waals surface area contributed by atoms with Gasteiger partial charge >= 0.3 is 5.97 Å². The molecule has 0 unspecified atom stereocenters. The quantitative estimate of drug-likeness (QED) is 0.885. The minimum atomic E-state index is -0.335. The second kappa shape index (κ2) is 5.07. The maximum absolute atomic E-state index is 11.9. The van der Waals surface area contributed by atoms with E-state index < -0.39 is 0 Å². The number of fused-ring (bicyclic) bond motifs is 1. The second-order valence-corrected chi connectivity index (χ2v) is 6.22. The zero-order valence-corrected chi connectivity index (χ0v) is 11.6. The molecule has 0 amide bonds. The molecule has 1 fully saturated rings. The lowest BCUT2D eigenvalue weighted by atomic mass is 9.83. The van der Waals surface area contributed by atoms with Crippen molar-refractivity contribution in [3.63, 3.8) is 0 Å². The van der Waals surface area contributed by atoms with Crippen LogP contribution in [0.2, 0.25) is 5.02 Å². The average molecular weight is 298 g/mol. The Bertz CT molecular complexity index is 621. The Kier molecular flexibility index (Phi) is 3.43. The molecule has 1 aliphatic carbocycles. The minimum absolute atomic E-state index is 0.224. The average Bonchev–Trinajstić information content (AvgIpc) is 2.78. The smallest absolute Gasteiger partial charge is 0.348 e. The summed E-state index contributed by atoms with van der Waals surface area (Å²) in [6, 6.07) is 1.74. The molecule has 0 spiro atoms. The molecule has 6 heteroatoms. The zero-order chi connectivity index (χ0) is 13.4. The van der Waals surface area contributed by atoms with Gasteiger partial charge in [-0.1, -0.05) is 11.6 Å². The van der Waals surface area contributed by atoms with Crippen LogP contribution in [-0.4, -0.2) is 28.8 Å². The summed E-state index contributed by atoms with van der Waals surface area (Å²) in [5.74, 6) is -0.0442. The number of esters is 1. The first-order chi connectivity index (χ1) is 9.13. The van der Waals surface area contributed by atoms with E-state index in [1.54, 1.807) is 18.5 Å². The molecule has 3 rings (SSSR count). The fourth-order valence-electron chi connectivity index (χ4n) is 2.13. The van der Waals surface area contributed by atoms with Crippen LogP contribution < -0.4 is 0 Å². The van der Waals surface area contributed by atoms with Crippen LogP contribution in [0.4, 0.5) is 0 Å². The molecule has 0 aliphatic heterocycles. The molecule has 2 aromatic heterocycles. The van der Waals surface area contributed by atoms with Crippen molar-refractivity contribution in [1.82, 2.24) is 4.98 Å². The summed E-state index contributed by atoms with van der Waals surface area (Å²) in [6.07, 6.45) is 4.45. The number of aliphatic hydroxyl groups excluding tert-OH is 1. The van der Waals surface area contributed by atoms with E-state index in [0.717, 1.165) is 22.9 Å². The van der Waals surface area contributed by atoms with Gasteiger partial charge in [-0.3, -0.25) is 4.98 Å². The summed E-state index contributed by atoms with van der Waals surface area (Å²) in [5.41, 5.74) is 0. The number of halogens is 1. The number of pyridine rings is 1. The van der Waals surface area contributed by atoms with Crippen molar-refractivity contribution in [3.8, 4) is 0 Å². The van der Waals surface area contributed by atoms with Crippen molar-refractivity contribution in [2.45, 2.75) is 18.9 Å². The fourth-order valence-corrected chi connectivity index (χ4v) is 3.35. The third-order valence-electron chi connectivity index (χ3n) is 3.26. The molecule has 0 radical (unpaired) electrons. The van der Waals surface area contributed by atoms with Gasteiger partial charge in [0.05, 0.1) is 22.4 Å². The SMILES string of the molecule is O=C(OCC1CC(O)C1)c1cc2c(Cl)cncc2s1. The molecular weight excluding hydrogens is 286 g/mol. The predicted octanol–water partition coefficient (Wildman–Crippen LogP) is 2.88. The highest BCUT2D eigenvalue weighted by Crippen LogP contribution is 2.31. The van der Waals surface area contributed by atoms with Gasteiger partial charge in [0.1, 0.15) is 4.88 Å². The molecule has 1 saturated carbocycles. The Morgan fingerprint density at radius 1 is 1.53 bits per heavy atom. The van der Waals surface area contributed by atoms with Crippen LogP contribution in [0.1, 0.15) is 22.5 Å². The van der Waals surface area contributed by atoms with Crippen molar-refractivity contribution in [3.05, 3.63) is 28.4 Å². The lowest BCUT2D eigenvalue weighted by Gasteiger charge is -2.30. The molecule has 19 heavy (non-hydrogen) atoms. The van der Waals surface area contributed by atoms with Crippen LogP contribution in [0.25, 0.3) is 10.1 Å². The molecule has 1 N–H and O–H groups in total. The van der Waals surface area contributed by atoms with Crippen LogP contribution in [0, 0.1) is 5.92 Å². The van der Waals surface area contributed by atoms with Gasteiger partial charge in [-0.2, -0.15) is 0 Å². The zero-order valence-electron chi connectivity index (χ0n) is 10.0. The summed E-state index contributed by atoms with van der Waals surface area (Å²) in [6.45, 7) is 0.371. The molecule has 2 heterocycles. The number of rotatable bonds is 3. The fraction of sp³-hybridized carbons (Fsp3) is 0.385. The number of ether oxygens (including phenoxy) is 1. The normalized spacial score (nSPS) is 22.2. The van der Waals surface area contributed by atoms with E-state index in [-0.39, 0.29) is 12.1 Å². The third kappa shape index (κ3) is 2.59. The number of hydrogen-bond acceptors (Lipinski definition) is 5. The highest BCUT2D eigenvalue weighted by atomic mass is 35.5. The highest BCUT2D eigenvalue weighted by molar-refractivity contribution is 7.20. The summed E-state index contributed by atoms with van der Waals surface area (Å²) in [7, 11) is 0. The summed E-state index contributed by atoms with van der Waals surface area (Å²) in [4.78, 5) is 16.4. The van der Waals surface area contributed by atoms with Gasteiger partial charge in [0, 0.05) is 17.8 Å². The molecule has 0 saturated heterocycles. The Morgan fingerprint density at radius 2 is 2.32 bits per heavy atom. The molecule has 0 aromatic carbocycles. The Hall–Kier alpha value is -1.17. The number of carbonyl (C=O) groups excluding carboxylic acids is 1. The van der Waals surface area contributed by atoms with Crippen LogP contribution >= 0.6 is 22.9 Å². The van der Waals surface area contributed by atoms with Crippen molar-refractivity contribution >= 4 is 39.0 Å². The molecule has 1 aliphatic rings. The van der Waals surface area contributed by atoms with E-state index in [9.17, 15) is 4.79 Å². The van der Waals surface area contributed by atoms with E-state index in [0.29, 0.717) is 22.4 Å².